The van der Waals surface area contributed by atoms with E-state index >= 15 is 0 Å². The van der Waals surface area contributed by atoms with Crippen molar-refractivity contribution in [3.8, 4) is 23.0 Å². The Balaban J connectivity index is 1.24. The van der Waals surface area contributed by atoms with Crippen molar-refractivity contribution in [3.63, 3.8) is 0 Å². The first-order valence-electron chi connectivity index (χ1n) is 12.1. The molecule has 2 heterocycles. The molecular weight excluding hydrogens is 470 g/mol. The topological polar surface area (TPSA) is 76.0 Å². The average Bonchev–Trinajstić information content (AvgIpc) is 3.21. The van der Waals surface area contributed by atoms with Crippen LogP contribution in [0.25, 0.3) is 0 Å². The van der Waals surface area contributed by atoms with Gasteiger partial charge in [-0.05, 0) is 56.3 Å². The van der Waals surface area contributed by atoms with Gasteiger partial charge in [0.15, 0.2) is 24.2 Å². The van der Waals surface area contributed by atoms with E-state index in [4.69, 9.17) is 18.9 Å². The lowest BCUT2D eigenvalue weighted by molar-refractivity contribution is 0.0472. The first-order chi connectivity index (χ1) is 18.0. The monoisotopic (exact) mass is 497 g/mol. The van der Waals surface area contributed by atoms with Gasteiger partial charge in [-0.15, -0.1) is 0 Å². The van der Waals surface area contributed by atoms with Crippen molar-refractivity contribution in [1.29, 1.82) is 0 Å². The van der Waals surface area contributed by atoms with Crippen molar-refractivity contribution < 1.29 is 28.5 Å². The van der Waals surface area contributed by atoms with Crippen LogP contribution >= 0.6 is 0 Å². The second kappa shape index (κ2) is 10.6. The number of ether oxygens (including phenoxy) is 4. The number of benzene rings is 3. The number of aromatic nitrogens is 1. The van der Waals surface area contributed by atoms with Crippen LogP contribution in [0.2, 0.25) is 0 Å². The van der Waals surface area contributed by atoms with Crippen molar-refractivity contribution in [2.45, 2.75) is 26.5 Å². The molecule has 0 radical (unpaired) electrons. The molecule has 1 aromatic heterocycles. The highest BCUT2D eigenvalue weighted by atomic mass is 16.6. The van der Waals surface area contributed by atoms with Crippen LogP contribution in [0.15, 0.2) is 84.9 Å². The summed E-state index contributed by atoms with van der Waals surface area (Å²) in [6.45, 7) is 4.38. The van der Waals surface area contributed by atoms with Crippen LogP contribution in [0.4, 0.5) is 0 Å². The minimum absolute atomic E-state index is 0.193. The lowest BCUT2D eigenvalue weighted by Gasteiger charge is -2.27. The van der Waals surface area contributed by atoms with E-state index in [0.29, 0.717) is 36.0 Å². The molecule has 7 nitrogen and oxygen atoms in total. The van der Waals surface area contributed by atoms with E-state index in [1.165, 1.54) is 0 Å². The summed E-state index contributed by atoms with van der Waals surface area (Å²) in [6, 6.07) is 25.3. The molecule has 0 aliphatic carbocycles. The zero-order valence-corrected chi connectivity index (χ0v) is 20.7. The Morgan fingerprint density at radius 2 is 1.59 bits per heavy atom. The molecule has 3 aromatic carbocycles. The van der Waals surface area contributed by atoms with Gasteiger partial charge < -0.3 is 23.5 Å². The minimum Gasteiger partial charge on any atom is -0.486 e. The fourth-order valence-corrected chi connectivity index (χ4v) is 4.35. The number of ketones is 1. The van der Waals surface area contributed by atoms with E-state index in [0.717, 1.165) is 17.1 Å². The number of rotatable bonds is 8. The Kier molecular flexibility index (Phi) is 6.94. The quantitative estimate of drug-likeness (QED) is 0.227. The first-order valence-corrected chi connectivity index (χ1v) is 12.1. The van der Waals surface area contributed by atoms with Gasteiger partial charge >= 0.3 is 5.97 Å². The van der Waals surface area contributed by atoms with Crippen LogP contribution < -0.4 is 14.2 Å². The zero-order valence-electron chi connectivity index (χ0n) is 20.7. The Labute approximate surface area is 215 Å². The van der Waals surface area contributed by atoms with Crippen LogP contribution in [0.1, 0.15) is 32.1 Å². The van der Waals surface area contributed by atoms with Crippen molar-refractivity contribution in [3.05, 3.63) is 107 Å². The molecule has 0 saturated carbocycles. The van der Waals surface area contributed by atoms with Crippen LogP contribution in [-0.2, 0) is 11.3 Å². The molecule has 1 aliphatic heterocycles. The number of hydrogen-bond donors (Lipinski definition) is 0. The molecule has 37 heavy (non-hydrogen) atoms. The van der Waals surface area contributed by atoms with E-state index in [1.807, 2.05) is 66.9 Å². The van der Waals surface area contributed by atoms with Crippen LogP contribution in [0.5, 0.6) is 23.0 Å². The molecule has 0 spiro atoms. The summed E-state index contributed by atoms with van der Waals surface area (Å²) in [6.07, 6.45) is -0.193. The SMILES string of the molecule is Cc1cc(C(=O)COC(=O)c2ccccc2Oc2ccccc2)c(C)n1CC1COc2ccccc2O1. The van der Waals surface area contributed by atoms with Gasteiger partial charge in [0.1, 0.15) is 23.7 Å². The number of aryl methyl sites for hydroxylation is 1. The van der Waals surface area contributed by atoms with Gasteiger partial charge in [-0.1, -0.05) is 42.5 Å². The predicted octanol–water partition coefficient (Wildman–Crippen LogP) is 5.78. The lowest BCUT2D eigenvalue weighted by Crippen LogP contribution is -2.33. The summed E-state index contributed by atoms with van der Waals surface area (Å²) in [4.78, 5) is 25.8. The van der Waals surface area contributed by atoms with E-state index in [-0.39, 0.29) is 24.1 Å². The number of para-hydroxylation sites is 4. The molecule has 0 saturated heterocycles. The Morgan fingerprint density at radius 3 is 2.41 bits per heavy atom. The normalized spacial score (nSPS) is 14.2. The molecular formula is C30H27NO6. The van der Waals surface area contributed by atoms with Crippen molar-refractivity contribution in [2.75, 3.05) is 13.2 Å². The zero-order chi connectivity index (χ0) is 25.8. The van der Waals surface area contributed by atoms with Crippen LogP contribution in [0.3, 0.4) is 0 Å². The van der Waals surface area contributed by atoms with Crippen molar-refractivity contribution in [2.24, 2.45) is 0 Å². The number of hydrogen-bond acceptors (Lipinski definition) is 6. The first kappa shape index (κ1) is 24.2. The molecule has 0 bridgehead atoms. The van der Waals surface area contributed by atoms with Crippen LogP contribution in [0, 0.1) is 13.8 Å². The van der Waals surface area contributed by atoms with Gasteiger partial charge in [0.2, 0.25) is 5.78 Å². The second-order valence-electron chi connectivity index (χ2n) is 8.80. The van der Waals surface area contributed by atoms with Gasteiger partial charge in [0.05, 0.1) is 6.54 Å². The van der Waals surface area contributed by atoms with Gasteiger partial charge in [-0.3, -0.25) is 4.79 Å². The molecule has 0 amide bonds. The number of carbonyl (C=O) groups is 2. The highest BCUT2D eigenvalue weighted by Crippen LogP contribution is 2.32. The van der Waals surface area contributed by atoms with Crippen molar-refractivity contribution in [1.82, 2.24) is 4.57 Å². The number of carbonyl (C=O) groups excluding carboxylic acids is 2. The average molecular weight is 498 g/mol. The molecule has 4 aromatic rings. The van der Waals surface area contributed by atoms with Crippen molar-refractivity contribution >= 4 is 11.8 Å². The van der Waals surface area contributed by atoms with Gasteiger partial charge in [-0.2, -0.15) is 0 Å². The summed E-state index contributed by atoms with van der Waals surface area (Å²) in [5, 5.41) is 0. The molecule has 7 heteroatoms. The molecule has 1 unspecified atom stereocenters. The smallest absolute Gasteiger partial charge is 0.342 e. The minimum atomic E-state index is -0.625. The molecule has 188 valence electrons. The standard InChI is InChI=1S/C30H27NO6/c1-20-16-25(21(2)31(20)17-23-18-34-28-14-8-9-15-29(28)37-23)26(32)19-35-30(33)24-12-6-7-13-27(24)36-22-10-4-3-5-11-22/h3-16,23H,17-19H2,1-2H3. The summed E-state index contributed by atoms with van der Waals surface area (Å²) in [7, 11) is 0. The van der Waals surface area contributed by atoms with E-state index in [1.54, 1.807) is 36.4 Å². The van der Waals surface area contributed by atoms with E-state index in [2.05, 4.69) is 0 Å². The Bertz CT molecular complexity index is 1430. The van der Waals surface area contributed by atoms with Crippen LogP contribution in [-0.4, -0.2) is 35.6 Å². The maximum absolute atomic E-state index is 13.0. The maximum Gasteiger partial charge on any atom is 0.342 e. The van der Waals surface area contributed by atoms with Gasteiger partial charge in [0, 0.05) is 17.0 Å². The number of nitrogens with zero attached hydrogens (tertiary/aromatic N) is 1. The molecule has 0 fully saturated rings. The van der Waals surface area contributed by atoms with Gasteiger partial charge in [-0.25, -0.2) is 4.79 Å². The van der Waals surface area contributed by atoms with E-state index in [9.17, 15) is 9.59 Å². The molecule has 0 N–H and O–H groups in total. The number of esters is 1. The lowest BCUT2D eigenvalue weighted by atomic mass is 10.1. The largest absolute Gasteiger partial charge is 0.486 e. The Morgan fingerprint density at radius 1 is 0.892 bits per heavy atom. The fourth-order valence-electron chi connectivity index (χ4n) is 4.35. The summed E-state index contributed by atoms with van der Waals surface area (Å²) in [5.41, 5.74) is 2.46. The predicted molar refractivity (Wildman–Crippen MR) is 138 cm³/mol. The number of fused-ring (bicyclic) bond motifs is 1. The highest BCUT2D eigenvalue weighted by molar-refractivity contribution is 6.01. The molecule has 1 aliphatic rings. The summed E-state index contributed by atoms with van der Waals surface area (Å²) >= 11 is 0. The molecule has 5 rings (SSSR count). The Hall–Kier alpha value is -4.52. The third-order valence-corrected chi connectivity index (χ3v) is 6.24. The second-order valence-corrected chi connectivity index (χ2v) is 8.80. The molecule has 1 atom stereocenters. The maximum atomic E-state index is 13.0. The highest BCUT2D eigenvalue weighted by Gasteiger charge is 2.24. The third-order valence-electron chi connectivity index (χ3n) is 6.24. The summed E-state index contributed by atoms with van der Waals surface area (Å²) in [5.74, 6) is 1.50. The van der Waals surface area contributed by atoms with Gasteiger partial charge in [0.25, 0.3) is 0 Å². The van der Waals surface area contributed by atoms with E-state index < -0.39 is 5.97 Å². The summed E-state index contributed by atoms with van der Waals surface area (Å²) < 4.78 is 25.2. The third kappa shape index (κ3) is 5.35. The number of Topliss-reactive ketones (excluding diaryl/α,β-unsaturated/α-hetero) is 1. The fraction of sp³-hybridized carbons (Fsp3) is 0.200.